The minimum Gasteiger partial charge on any atom is -0.339 e. The molecule has 1 heterocycles. The molecule has 1 unspecified atom stereocenters. The molecule has 0 saturated carbocycles. The first-order chi connectivity index (χ1) is 10.7. The lowest BCUT2D eigenvalue weighted by molar-refractivity contribution is 0.0957. The Morgan fingerprint density at radius 2 is 1.59 bits per heavy atom. The number of aromatic amines is 1. The van der Waals surface area contributed by atoms with Crippen molar-refractivity contribution < 1.29 is 4.79 Å². The lowest BCUT2D eigenvalue weighted by Gasteiger charge is -2.08. The number of imidazole rings is 1. The summed E-state index contributed by atoms with van der Waals surface area (Å²) in [6, 6.07) is 19.7. The Balaban J connectivity index is 1.92. The van der Waals surface area contributed by atoms with Gasteiger partial charge in [0.2, 0.25) is 5.78 Å². The molecule has 0 aliphatic heterocycles. The van der Waals surface area contributed by atoms with Crippen molar-refractivity contribution in [2.75, 3.05) is 0 Å². The number of Topliss-reactive ketones (excluding diaryl/α,β-unsaturated/α-hetero) is 1. The average molecular weight is 290 g/mol. The molecule has 0 aliphatic rings. The molecular weight excluding hydrogens is 272 g/mol. The van der Waals surface area contributed by atoms with Crippen LogP contribution in [0.3, 0.4) is 0 Å². The molecule has 0 amide bonds. The maximum Gasteiger partial charge on any atom is 0.205 e. The molecule has 0 aliphatic carbocycles. The number of aromatic nitrogens is 2. The zero-order valence-electron chi connectivity index (χ0n) is 12.7. The average Bonchev–Trinajstić information content (AvgIpc) is 2.97. The highest BCUT2D eigenvalue weighted by atomic mass is 16.1. The first-order valence-corrected chi connectivity index (χ1v) is 7.38. The van der Waals surface area contributed by atoms with E-state index >= 15 is 0 Å². The Morgan fingerprint density at radius 3 is 2.23 bits per heavy atom. The Morgan fingerprint density at radius 1 is 1.00 bits per heavy atom. The molecule has 0 radical (unpaired) electrons. The number of hydrogen-bond acceptors (Lipinski definition) is 2. The first-order valence-electron chi connectivity index (χ1n) is 7.38. The number of nitrogens with one attached hydrogen (secondary N) is 1. The van der Waals surface area contributed by atoms with Gasteiger partial charge in [-0.05, 0) is 12.5 Å². The standard InChI is InChI=1S/C19H18N2O/c1-13(15-9-5-3-6-10-15)18(22)19-20-14(2)17(21-19)16-11-7-4-8-12-16/h3-13H,1-2H3,(H,20,21). The van der Waals surface area contributed by atoms with Crippen LogP contribution in [0.1, 0.15) is 34.7 Å². The summed E-state index contributed by atoms with van der Waals surface area (Å²) in [5.74, 6) is 0.222. The van der Waals surface area contributed by atoms with Crippen LogP contribution in [0.5, 0.6) is 0 Å². The Hall–Kier alpha value is -2.68. The van der Waals surface area contributed by atoms with E-state index in [1.54, 1.807) is 0 Å². The van der Waals surface area contributed by atoms with Crippen LogP contribution in [0.15, 0.2) is 60.7 Å². The second-order valence-electron chi connectivity index (χ2n) is 5.42. The molecule has 1 N–H and O–H groups in total. The number of carbonyl (C=O) groups excluding carboxylic acids is 1. The van der Waals surface area contributed by atoms with Gasteiger partial charge in [-0.15, -0.1) is 0 Å². The second kappa shape index (κ2) is 5.98. The Labute approximate surface area is 130 Å². The fourth-order valence-corrected chi connectivity index (χ4v) is 2.55. The highest BCUT2D eigenvalue weighted by Gasteiger charge is 2.21. The third kappa shape index (κ3) is 2.70. The van der Waals surface area contributed by atoms with Gasteiger partial charge >= 0.3 is 0 Å². The number of nitrogens with zero attached hydrogens (tertiary/aromatic N) is 1. The maximum atomic E-state index is 12.6. The van der Waals surface area contributed by atoms with Crippen molar-refractivity contribution in [3.8, 4) is 11.3 Å². The van der Waals surface area contributed by atoms with Gasteiger partial charge < -0.3 is 4.98 Å². The predicted molar refractivity (Wildman–Crippen MR) is 87.9 cm³/mol. The largest absolute Gasteiger partial charge is 0.339 e. The second-order valence-corrected chi connectivity index (χ2v) is 5.42. The molecule has 3 heteroatoms. The van der Waals surface area contributed by atoms with Gasteiger partial charge in [-0.1, -0.05) is 67.6 Å². The summed E-state index contributed by atoms with van der Waals surface area (Å²) in [5, 5.41) is 0. The van der Waals surface area contributed by atoms with E-state index in [2.05, 4.69) is 9.97 Å². The number of H-pyrrole nitrogens is 1. The lowest BCUT2D eigenvalue weighted by atomic mass is 9.96. The van der Waals surface area contributed by atoms with Crippen molar-refractivity contribution in [3.05, 3.63) is 77.7 Å². The van der Waals surface area contributed by atoms with Crippen molar-refractivity contribution in [1.82, 2.24) is 9.97 Å². The minimum absolute atomic E-state index is 0.0106. The molecule has 1 atom stereocenters. The third-order valence-electron chi connectivity index (χ3n) is 3.86. The molecular formula is C19H18N2O. The Kier molecular flexibility index (Phi) is 3.88. The van der Waals surface area contributed by atoms with E-state index in [4.69, 9.17) is 0 Å². The van der Waals surface area contributed by atoms with Gasteiger partial charge in [0.15, 0.2) is 5.82 Å². The third-order valence-corrected chi connectivity index (χ3v) is 3.86. The van der Waals surface area contributed by atoms with Crippen LogP contribution >= 0.6 is 0 Å². The van der Waals surface area contributed by atoms with E-state index in [0.29, 0.717) is 5.82 Å². The monoisotopic (exact) mass is 290 g/mol. The first kappa shape index (κ1) is 14.3. The maximum absolute atomic E-state index is 12.6. The van der Waals surface area contributed by atoms with Crippen LogP contribution in [-0.2, 0) is 0 Å². The number of aryl methyl sites for hydroxylation is 1. The van der Waals surface area contributed by atoms with Crippen molar-refractivity contribution in [2.24, 2.45) is 0 Å². The summed E-state index contributed by atoms with van der Waals surface area (Å²) in [7, 11) is 0. The zero-order valence-corrected chi connectivity index (χ0v) is 12.7. The van der Waals surface area contributed by atoms with E-state index in [9.17, 15) is 4.79 Å². The van der Waals surface area contributed by atoms with Gasteiger partial charge in [0.05, 0.1) is 5.69 Å². The van der Waals surface area contributed by atoms with Crippen molar-refractivity contribution in [3.63, 3.8) is 0 Å². The highest BCUT2D eigenvalue weighted by Crippen LogP contribution is 2.24. The van der Waals surface area contributed by atoms with Crippen LogP contribution < -0.4 is 0 Å². The van der Waals surface area contributed by atoms with E-state index in [1.165, 1.54) is 0 Å². The van der Waals surface area contributed by atoms with E-state index in [-0.39, 0.29) is 11.7 Å². The smallest absolute Gasteiger partial charge is 0.205 e. The number of benzene rings is 2. The number of carbonyl (C=O) groups is 1. The minimum atomic E-state index is -0.213. The van der Waals surface area contributed by atoms with Crippen LogP contribution in [0.4, 0.5) is 0 Å². The van der Waals surface area contributed by atoms with E-state index in [1.807, 2.05) is 74.5 Å². The van der Waals surface area contributed by atoms with Crippen molar-refractivity contribution >= 4 is 5.78 Å². The summed E-state index contributed by atoms with van der Waals surface area (Å²) in [5.41, 5.74) is 3.77. The molecule has 2 aromatic carbocycles. The lowest BCUT2D eigenvalue weighted by Crippen LogP contribution is -2.11. The molecule has 110 valence electrons. The molecule has 0 fully saturated rings. The van der Waals surface area contributed by atoms with Crippen molar-refractivity contribution in [1.29, 1.82) is 0 Å². The zero-order chi connectivity index (χ0) is 15.5. The van der Waals surface area contributed by atoms with Crippen LogP contribution in [0.2, 0.25) is 0 Å². The molecule has 0 bridgehead atoms. The van der Waals surface area contributed by atoms with Crippen LogP contribution in [0.25, 0.3) is 11.3 Å². The number of rotatable bonds is 4. The highest BCUT2D eigenvalue weighted by molar-refractivity contribution is 5.98. The van der Waals surface area contributed by atoms with Crippen molar-refractivity contribution in [2.45, 2.75) is 19.8 Å². The molecule has 22 heavy (non-hydrogen) atoms. The molecule has 3 aromatic rings. The van der Waals surface area contributed by atoms with Crippen LogP contribution in [0, 0.1) is 6.92 Å². The predicted octanol–water partition coefficient (Wildman–Crippen LogP) is 4.37. The fourth-order valence-electron chi connectivity index (χ4n) is 2.55. The van der Waals surface area contributed by atoms with E-state index < -0.39 is 0 Å². The van der Waals surface area contributed by atoms with Crippen LogP contribution in [-0.4, -0.2) is 15.8 Å². The van der Waals surface area contributed by atoms with E-state index in [0.717, 1.165) is 22.5 Å². The van der Waals surface area contributed by atoms with Gasteiger partial charge in [0.1, 0.15) is 0 Å². The number of hydrogen-bond donors (Lipinski definition) is 1. The molecule has 1 aromatic heterocycles. The normalized spacial score (nSPS) is 12.1. The van der Waals surface area contributed by atoms with Gasteiger partial charge in [0, 0.05) is 17.2 Å². The molecule has 3 rings (SSSR count). The van der Waals surface area contributed by atoms with Gasteiger partial charge in [0.25, 0.3) is 0 Å². The molecule has 3 nitrogen and oxygen atoms in total. The molecule has 0 saturated heterocycles. The summed E-state index contributed by atoms with van der Waals surface area (Å²) in [6.45, 7) is 3.86. The van der Waals surface area contributed by atoms with Gasteiger partial charge in [-0.2, -0.15) is 0 Å². The summed E-state index contributed by atoms with van der Waals surface area (Å²) in [4.78, 5) is 20.3. The van der Waals surface area contributed by atoms with Gasteiger partial charge in [-0.25, -0.2) is 4.98 Å². The summed E-state index contributed by atoms with van der Waals surface area (Å²) in [6.07, 6.45) is 0. The fraction of sp³-hybridized carbons (Fsp3) is 0.158. The SMILES string of the molecule is Cc1[nH]c(C(=O)C(C)c2ccccc2)nc1-c1ccccc1. The van der Waals surface area contributed by atoms with Gasteiger partial charge in [-0.3, -0.25) is 4.79 Å². The topological polar surface area (TPSA) is 45.8 Å². The summed E-state index contributed by atoms with van der Waals surface area (Å²) < 4.78 is 0. The Bertz CT molecular complexity index is 776. The quantitative estimate of drug-likeness (QED) is 0.725. The number of ketones is 1. The summed E-state index contributed by atoms with van der Waals surface area (Å²) >= 11 is 0. The molecule has 0 spiro atoms.